The molecule has 0 radical (unpaired) electrons. The molecule has 1 saturated heterocycles. The van der Waals surface area contributed by atoms with Gasteiger partial charge in [0.1, 0.15) is 5.82 Å². The van der Waals surface area contributed by atoms with Gasteiger partial charge in [-0.15, -0.1) is 0 Å². The molecule has 0 bridgehead atoms. The van der Waals surface area contributed by atoms with E-state index in [-0.39, 0.29) is 17.8 Å². The Morgan fingerprint density at radius 2 is 2.07 bits per heavy atom. The fourth-order valence-electron chi connectivity index (χ4n) is 3.18. The Morgan fingerprint density at radius 1 is 1.30 bits per heavy atom. The molecule has 144 valence electrons. The van der Waals surface area contributed by atoms with Crippen LogP contribution in [0, 0.1) is 12.8 Å². The molecular formula is C19H26N6O2. The van der Waals surface area contributed by atoms with Crippen LogP contribution in [0.4, 0.5) is 17.6 Å². The number of aromatic nitrogens is 3. The maximum absolute atomic E-state index is 12.0. The highest BCUT2D eigenvalue weighted by Crippen LogP contribution is 2.20. The minimum Gasteiger partial charge on any atom is -0.466 e. The zero-order chi connectivity index (χ0) is 19.2. The lowest BCUT2D eigenvalue weighted by Gasteiger charge is -2.30. The predicted molar refractivity (Wildman–Crippen MR) is 103 cm³/mol. The van der Waals surface area contributed by atoms with Crippen LogP contribution >= 0.6 is 0 Å². The first kappa shape index (κ1) is 19.0. The second-order valence-electron chi connectivity index (χ2n) is 6.75. The highest BCUT2D eigenvalue weighted by atomic mass is 16.5. The third-order valence-electron chi connectivity index (χ3n) is 4.50. The zero-order valence-electron chi connectivity index (χ0n) is 15.8. The summed E-state index contributed by atoms with van der Waals surface area (Å²) in [5.41, 5.74) is 7.93. The Kier molecular flexibility index (Phi) is 6.18. The smallest absolute Gasteiger partial charge is 0.310 e. The minimum atomic E-state index is -0.126. The summed E-state index contributed by atoms with van der Waals surface area (Å²) in [6.07, 6.45) is 1.80. The monoisotopic (exact) mass is 370 g/mol. The first-order valence-corrected chi connectivity index (χ1v) is 9.26. The molecule has 0 amide bonds. The van der Waals surface area contributed by atoms with E-state index in [4.69, 9.17) is 10.5 Å². The zero-order valence-corrected chi connectivity index (χ0v) is 15.8. The van der Waals surface area contributed by atoms with Crippen LogP contribution < -0.4 is 11.1 Å². The van der Waals surface area contributed by atoms with Gasteiger partial charge in [-0.05, 0) is 45.4 Å². The topological polar surface area (TPSA) is 106 Å². The first-order valence-electron chi connectivity index (χ1n) is 9.26. The van der Waals surface area contributed by atoms with Gasteiger partial charge in [0.05, 0.1) is 19.1 Å². The van der Waals surface area contributed by atoms with Crippen molar-refractivity contribution in [3.63, 3.8) is 0 Å². The Balaban J connectivity index is 1.67. The number of rotatable bonds is 6. The Bertz CT molecular complexity index is 780. The molecule has 27 heavy (non-hydrogen) atoms. The number of anilines is 3. The van der Waals surface area contributed by atoms with Crippen molar-refractivity contribution in [2.24, 2.45) is 5.92 Å². The number of nitrogen functional groups attached to an aromatic ring is 1. The molecule has 0 unspecified atom stereocenters. The molecule has 8 nitrogen and oxygen atoms in total. The number of nitrogens with zero attached hydrogens (tertiary/aromatic N) is 4. The molecule has 1 aromatic heterocycles. The van der Waals surface area contributed by atoms with E-state index in [1.54, 1.807) is 0 Å². The number of esters is 1. The standard InChI is InChI=1S/C19H26N6O2/c1-3-27-17(26)14-5-4-10-25(11-14)12-16-22-18(20)24-19(23-16)21-15-8-6-13(2)7-9-15/h6-9,14H,3-5,10-12H2,1-2H3,(H3,20,21,22,23,24)/t14-/m0/s1. The average molecular weight is 370 g/mol. The van der Waals surface area contributed by atoms with Gasteiger partial charge < -0.3 is 15.8 Å². The number of hydrogen-bond donors (Lipinski definition) is 2. The molecule has 0 saturated carbocycles. The van der Waals surface area contributed by atoms with Crippen molar-refractivity contribution in [2.45, 2.75) is 33.2 Å². The molecule has 0 aliphatic carbocycles. The Hall–Kier alpha value is -2.74. The molecule has 3 rings (SSSR count). The van der Waals surface area contributed by atoms with Crippen LogP contribution in [0.1, 0.15) is 31.2 Å². The summed E-state index contributed by atoms with van der Waals surface area (Å²) in [5, 5.41) is 3.16. The number of carbonyl (C=O) groups is 1. The number of benzene rings is 1. The maximum atomic E-state index is 12.0. The second kappa shape index (κ2) is 8.77. The van der Waals surface area contributed by atoms with Gasteiger partial charge in [0.15, 0.2) is 0 Å². The fraction of sp³-hybridized carbons (Fsp3) is 0.474. The van der Waals surface area contributed by atoms with Gasteiger partial charge in [-0.3, -0.25) is 9.69 Å². The molecular weight excluding hydrogens is 344 g/mol. The highest BCUT2D eigenvalue weighted by Gasteiger charge is 2.27. The van der Waals surface area contributed by atoms with Crippen LogP contribution in [0.25, 0.3) is 0 Å². The summed E-state index contributed by atoms with van der Waals surface area (Å²) in [6.45, 7) is 6.32. The molecule has 1 fully saturated rings. The Labute approximate surface area is 159 Å². The summed E-state index contributed by atoms with van der Waals surface area (Å²) in [7, 11) is 0. The van der Waals surface area contributed by atoms with Crippen LogP contribution in [0.5, 0.6) is 0 Å². The van der Waals surface area contributed by atoms with Crippen molar-refractivity contribution in [3.8, 4) is 0 Å². The molecule has 3 N–H and O–H groups in total. The number of carbonyl (C=O) groups excluding carboxylic acids is 1. The van der Waals surface area contributed by atoms with E-state index >= 15 is 0 Å². The van der Waals surface area contributed by atoms with Gasteiger partial charge >= 0.3 is 5.97 Å². The molecule has 8 heteroatoms. The number of aryl methyl sites for hydroxylation is 1. The van der Waals surface area contributed by atoms with Gasteiger partial charge in [0.25, 0.3) is 0 Å². The minimum absolute atomic E-state index is 0.0944. The van der Waals surface area contributed by atoms with Gasteiger partial charge in [0.2, 0.25) is 11.9 Å². The molecule has 2 heterocycles. The number of ether oxygens (including phenoxy) is 1. The summed E-state index contributed by atoms with van der Waals surface area (Å²) in [5.74, 6) is 0.956. The molecule has 1 atom stereocenters. The van der Waals surface area contributed by atoms with Crippen LogP contribution in [-0.4, -0.2) is 45.5 Å². The van der Waals surface area contributed by atoms with E-state index < -0.39 is 0 Å². The van der Waals surface area contributed by atoms with E-state index in [2.05, 4.69) is 25.2 Å². The Morgan fingerprint density at radius 3 is 2.81 bits per heavy atom. The van der Waals surface area contributed by atoms with E-state index in [1.807, 2.05) is 38.1 Å². The summed E-state index contributed by atoms with van der Waals surface area (Å²) >= 11 is 0. The van der Waals surface area contributed by atoms with Gasteiger partial charge in [-0.25, -0.2) is 0 Å². The number of likely N-dealkylation sites (tertiary alicyclic amines) is 1. The number of piperidine rings is 1. The molecule has 1 aliphatic rings. The largest absolute Gasteiger partial charge is 0.466 e. The van der Waals surface area contributed by atoms with Crippen molar-refractivity contribution in [2.75, 3.05) is 30.7 Å². The lowest BCUT2D eigenvalue weighted by atomic mass is 9.98. The lowest BCUT2D eigenvalue weighted by molar-refractivity contribution is -0.150. The van der Waals surface area contributed by atoms with E-state index in [0.717, 1.165) is 25.1 Å². The summed E-state index contributed by atoms with van der Waals surface area (Å²) < 4.78 is 5.16. The van der Waals surface area contributed by atoms with Crippen LogP contribution in [0.2, 0.25) is 0 Å². The average Bonchev–Trinajstić information content (AvgIpc) is 2.63. The van der Waals surface area contributed by atoms with Crippen LogP contribution in [0.3, 0.4) is 0 Å². The van der Waals surface area contributed by atoms with E-state index in [0.29, 0.717) is 31.5 Å². The number of hydrogen-bond acceptors (Lipinski definition) is 8. The van der Waals surface area contributed by atoms with E-state index in [9.17, 15) is 4.79 Å². The van der Waals surface area contributed by atoms with Crippen molar-refractivity contribution < 1.29 is 9.53 Å². The lowest BCUT2D eigenvalue weighted by Crippen LogP contribution is -2.39. The third kappa shape index (κ3) is 5.37. The quantitative estimate of drug-likeness (QED) is 0.746. The maximum Gasteiger partial charge on any atom is 0.310 e. The van der Waals surface area contributed by atoms with Crippen molar-refractivity contribution in [3.05, 3.63) is 35.7 Å². The van der Waals surface area contributed by atoms with Crippen molar-refractivity contribution in [1.82, 2.24) is 19.9 Å². The SMILES string of the molecule is CCOC(=O)[C@H]1CCCN(Cc2nc(N)nc(Nc3ccc(C)cc3)n2)C1. The van der Waals surface area contributed by atoms with Gasteiger partial charge in [-0.1, -0.05) is 17.7 Å². The summed E-state index contributed by atoms with van der Waals surface area (Å²) in [6, 6.07) is 7.95. The molecule has 1 aromatic carbocycles. The second-order valence-corrected chi connectivity index (χ2v) is 6.75. The first-order chi connectivity index (χ1) is 13.0. The van der Waals surface area contributed by atoms with E-state index in [1.165, 1.54) is 5.56 Å². The number of nitrogens with one attached hydrogen (secondary N) is 1. The van der Waals surface area contributed by atoms with Crippen molar-refractivity contribution >= 4 is 23.6 Å². The normalized spacial score (nSPS) is 17.5. The van der Waals surface area contributed by atoms with Gasteiger partial charge in [0, 0.05) is 12.2 Å². The van der Waals surface area contributed by atoms with Crippen molar-refractivity contribution in [1.29, 1.82) is 0 Å². The van der Waals surface area contributed by atoms with Crippen LogP contribution in [-0.2, 0) is 16.1 Å². The summed E-state index contributed by atoms with van der Waals surface area (Å²) in [4.78, 5) is 27.1. The fourth-order valence-corrected chi connectivity index (χ4v) is 3.18. The molecule has 2 aromatic rings. The predicted octanol–water partition coefficient (Wildman–Crippen LogP) is 2.28. The highest BCUT2D eigenvalue weighted by molar-refractivity contribution is 5.72. The number of nitrogens with two attached hydrogens (primary N) is 1. The molecule has 0 spiro atoms. The van der Waals surface area contributed by atoms with Crippen LogP contribution in [0.15, 0.2) is 24.3 Å². The van der Waals surface area contributed by atoms with Gasteiger partial charge in [-0.2, -0.15) is 15.0 Å². The third-order valence-corrected chi connectivity index (χ3v) is 4.50. The molecule has 1 aliphatic heterocycles.